The predicted molar refractivity (Wildman–Crippen MR) is 264 cm³/mol. The molecule has 0 saturated heterocycles. The van der Waals surface area contributed by atoms with Crippen LogP contribution in [0, 0.1) is 0 Å². The molecule has 0 unspecified atom stereocenters. The molecule has 65 heavy (non-hydrogen) atoms. The maximum absolute atomic E-state index is 13.6. The first-order chi connectivity index (χ1) is 30.5. The zero-order chi connectivity index (χ0) is 49.2. The van der Waals surface area contributed by atoms with Crippen LogP contribution in [-0.4, -0.2) is 102 Å². The number of benzene rings is 1. The Labute approximate surface area is 395 Å². The number of rotatable bonds is 34. The third kappa shape index (κ3) is 26.7. The van der Waals surface area contributed by atoms with E-state index in [0.29, 0.717) is 29.9 Å². The molecule has 0 aliphatic carbocycles. The number of allylic oxidation sites excluding steroid dienone is 10. The fraction of sp³-hybridized carbons (Fsp3) is 0.532. The molecule has 18 heteroatoms. The second-order valence-electron chi connectivity index (χ2n) is 16.2. The molecule has 1 rings (SSSR count). The smallest absolute Gasteiger partial charge is 0.337 e. The van der Waals surface area contributed by atoms with Crippen LogP contribution in [0.2, 0.25) is 0 Å². The minimum atomic E-state index is -4.53. The van der Waals surface area contributed by atoms with Gasteiger partial charge in [-0.25, -0.2) is 26.4 Å². The van der Waals surface area contributed by atoms with Crippen LogP contribution >= 0.6 is 23.5 Å². The van der Waals surface area contributed by atoms with E-state index < -0.39 is 78.6 Å². The summed E-state index contributed by atoms with van der Waals surface area (Å²) in [5.74, 6) is -5.27. The van der Waals surface area contributed by atoms with Crippen LogP contribution in [0.1, 0.15) is 129 Å². The van der Waals surface area contributed by atoms with E-state index in [0.717, 1.165) is 73.7 Å². The average molecular weight is 983 g/mol. The van der Waals surface area contributed by atoms with Crippen molar-refractivity contribution in [2.45, 2.75) is 136 Å². The molecule has 1 aromatic rings. The van der Waals surface area contributed by atoms with Gasteiger partial charge in [-0.05, 0) is 123 Å². The number of carboxylic acid groups (broad SMARTS) is 4. The summed E-state index contributed by atoms with van der Waals surface area (Å²) in [5, 5.41) is 37.8. The molecule has 0 saturated carbocycles. The van der Waals surface area contributed by atoms with Crippen LogP contribution in [0.4, 0.5) is 0 Å². The van der Waals surface area contributed by atoms with Crippen molar-refractivity contribution in [1.29, 1.82) is 0 Å². The zero-order valence-electron chi connectivity index (χ0n) is 38.9. The summed E-state index contributed by atoms with van der Waals surface area (Å²) in [6, 6.07) is 1.22. The van der Waals surface area contributed by atoms with E-state index in [4.69, 9.17) is 5.11 Å². The number of carboxylic acids is 4. The van der Waals surface area contributed by atoms with Crippen LogP contribution in [0.3, 0.4) is 0 Å². The van der Waals surface area contributed by atoms with Gasteiger partial charge >= 0.3 is 23.9 Å². The Balaban J connectivity index is 2.76. The van der Waals surface area contributed by atoms with Crippen molar-refractivity contribution >= 4 is 67.4 Å². The molecule has 0 bridgehead atoms. The maximum Gasteiger partial charge on any atom is 0.337 e. The molecule has 0 amide bonds. The zero-order valence-corrected chi connectivity index (χ0v) is 42.1. The maximum atomic E-state index is 13.6. The summed E-state index contributed by atoms with van der Waals surface area (Å²) in [6.07, 6.45) is 20.3. The fourth-order valence-corrected chi connectivity index (χ4v) is 10.9. The third-order valence-corrected chi connectivity index (χ3v) is 15.0. The molecular weight excluding hydrogens is 913 g/mol. The second-order valence-corrected chi connectivity index (χ2v) is 21.9. The lowest BCUT2D eigenvalue weighted by atomic mass is 10.0. The van der Waals surface area contributed by atoms with Gasteiger partial charge in [0.15, 0.2) is 0 Å². The van der Waals surface area contributed by atoms with Crippen molar-refractivity contribution in [3.8, 4) is 0 Å². The van der Waals surface area contributed by atoms with Crippen LogP contribution in [0.5, 0.6) is 0 Å². The molecule has 6 N–H and O–H groups in total. The van der Waals surface area contributed by atoms with Gasteiger partial charge in [-0.3, -0.25) is 14.4 Å². The largest absolute Gasteiger partial charge is 0.481 e. The van der Waals surface area contributed by atoms with Gasteiger partial charge in [-0.15, -0.1) is 0 Å². The minimum absolute atomic E-state index is 0.0236. The highest BCUT2D eigenvalue weighted by Gasteiger charge is 2.29. The monoisotopic (exact) mass is 982 g/mol. The average Bonchev–Trinajstić information content (AvgIpc) is 3.21. The van der Waals surface area contributed by atoms with E-state index >= 15 is 0 Å². The van der Waals surface area contributed by atoms with Gasteiger partial charge < -0.3 is 20.4 Å². The topological polar surface area (TPSA) is 242 Å². The molecule has 0 aromatic heterocycles. The Morgan fingerprint density at radius 3 is 1.46 bits per heavy atom. The Hall–Kier alpha value is -3.94. The van der Waals surface area contributed by atoms with Crippen molar-refractivity contribution in [2.75, 3.05) is 28.8 Å². The van der Waals surface area contributed by atoms with E-state index in [9.17, 15) is 51.3 Å². The summed E-state index contributed by atoms with van der Waals surface area (Å²) in [4.78, 5) is 45.9. The number of carbonyl (C=O) groups is 4. The van der Waals surface area contributed by atoms with Crippen molar-refractivity contribution in [2.24, 2.45) is 0 Å². The van der Waals surface area contributed by atoms with Gasteiger partial charge in [0, 0.05) is 23.0 Å². The van der Waals surface area contributed by atoms with E-state index in [-0.39, 0.29) is 11.5 Å². The van der Waals surface area contributed by atoms with Gasteiger partial charge in [0.2, 0.25) is 20.0 Å². The lowest BCUT2D eigenvalue weighted by Gasteiger charge is -2.16. The lowest BCUT2D eigenvalue weighted by Crippen LogP contribution is -2.43. The van der Waals surface area contributed by atoms with E-state index in [1.807, 2.05) is 45.9 Å². The van der Waals surface area contributed by atoms with Gasteiger partial charge in [0.25, 0.3) is 0 Å². The highest BCUT2D eigenvalue weighted by atomic mass is 32.2. The normalized spacial score (nSPS) is 14.6. The quantitative estimate of drug-likeness (QED) is 0.0279. The summed E-state index contributed by atoms with van der Waals surface area (Å²) >= 11 is 2.52. The summed E-state index contributed by atoms with van der Waals surface area (Å²) in [6.45, 7) is 14.3. The van der Waals surface area contributed by atoms with Gasteiger partial charge in [-0.1, -0.05) is 82.9 Å². The van der Waals surface area contributed by atoms with Crippen molar-refractivity contribution in [1.82, 2.24) is 9.44 Å². The van der Waals surface area contributed by atoms with Crippen molar-refractivity contribution in [3.05, 3.63) is 99.2 Å². The molecule has 0 heterocycles. The number of aliphatic carboxylic acids is 3. The number of aromatic carboxylic acids is 1. The SMILES string of the molecule is CC/C(C)=C/CC/C(C)=C/CC/C(C)=C/CSC[C@H](NS(=O)(=O)c1cc(C/C(C)=C\CC/C(C)=C/CC/C(C)=C/CSC[C@H](NS(=O)(=O)CCC(=O)O)C(=O)O)ccc1C(=O)O)C(=O)O. The number of hydrogen-bond acceptors (Lipinski definition) is 10. The molecule has 1 aromatic carbocycles. The Morgan fingerprint density at radius 2 is 1.03 bits per heavy atom. The highest BCUT2D eigenvalue weighted by molar-refractivity contribution is 7.99. The van der Waals surface area contributed by atoms with Gasteiger partial charge in [-0.2, -0.15) is 28.2 Å². The molecule has 364 valence electrons. The predicted octanol–water partition coefficient (Wildman–Crippen LogP) is 9.18. The summed E-state index contributed by atoms with van der Waals surface area (Å²) in [7, 11) is -8.59. The third-order valence-electron chi connectivity index (χ3n) is 10.2. The molecular formula is C47H70N2O12S4. The van der Waals surface area contributed by atoms with Crippen LogP contribution in [0.15, 0.2) is 93.0 Å². The van der Waals surface area contributed by atoms with E-state index in [2.05, 4.69) is 48.4 Å². The second kappa shape index (κ2) is 31.1. The van der Waals surface area contributed by atoms with Crippen LogP contribution in [0.25, 0.3) is 0 Å². The van der Waals surface area contributed by atoms with Crippen LogP contribution in [-0.2, 0) is 40.9 Å². The summed E-state index contributed by atoms with van der Waals surface area (Å²) < 4.78 is 55.4. The van der Waals surface area contributed by atoms with Crippen molar-refractivity contribution in [3.63, 3.8) is 0 Å². The van der Waals surface area contributed by atoms with Gasteiger partial charge in [0.1, 0.15) is 12.1 Å². The van der Waals surface area contributed by atoms with E-state index in [1.54, 1.807) is 6.07 Å². The Kier molecular flexibility index (Phi) is 28.3. The number of hydrogen-bond donors (Lipinski definition) is 6. The molecule has 0 aliphatic heterocycles. The Morgan fingerprint density at radius 1 is 0.600 bits per heavy atom. The molecule has 0 fully saturated rings. The number of sulfonamides is 2. The molecule has 0 radical (unpaired) electrons. The molecule has 14 nitrogen and oxygen atoms in total. The summed E-state index contributed by atoms with van der Waals surface area (Å²) in [5.41, 5.74) is 7.18. The molecule has 2 atom stereocenters. The van der Waals surface area contributed by atoms with E-state index in [1.165, 1.54) is 46.8 Å². The highest BCUT2D eigenvalue weighted by Crippen LogP contribution is 2.22. The first-order valence-corrected chi connectivity index (χ1v) is 27.1. The minimum Gasteiger partial charge on any atom is -0.481 e. The lowest BCUT2D eigenvalue weighted by molar-refractivity contribution is -0.139. The number of thioether (sulfide) groups is 2. The fourth-order valence-electron chi connectivity index (χ4n) is 6.04. The standard InChI is InChI=1S/C47H70N2O12S4/c1-8-33(2)13-9-14-34(3)15-10-18-37(6)24-27-63-32-42(47(56)57)49-65(60,61)43-30-39(21-22-40(43)45(52)53)29-38(7)20-12-17-35(4)16-11-19-36(5)23-26-62-31-41(46(54)55)48-64(58,59)28-25-44(50)51/h13,15-16,20-24,30,41-42,48-49H,8-12,14,17-19,25-29,31-32H2,1-7H3,(H,50,51)(H,52,53)(H,54,55)(H,56,57)/b33-13+,34-15+,35-16+,36-23+,37-24+,38-20-/t41-,42-/m0/s1. The van der Waals surface area contributed by atoms with Crippen molar-refractivity contribution < 1.29 is 56.4 Å². The first-order valence-electron chi connectivity index (χ1n) is 21.6. The molecule has 0 aliphatic rings. The molecule has 0 spiro atoms. The Bertz CT molecular complexity index is 2170. The van der Waals surface area contributed by atoms with Gasteiger partial charge in [0.05, 0.1) is 22.6 Å². The van der Waals surface area contributed by atoms with Crippen LogP contribution < -0.4 is 9.44 Å². The first kappa shape index (κ1) is 59.1. The number of nitrogens with one attached hydrogen (secondary N) is 2.